The fraction of sp³-hybridized carbons (Fsp3) is 0.400. The zero-order chi connectivity index (χ0) is 17.5. The molecule has 0 aliphatic heterocycles. The van der Waals surface area contributed by atoms with Gasteiger partial charge >= 0.3 is 0 Å². The summed E-state index contributed by atoms with van der Waals surface area (Å²) < 4.78 is 1.28. The predicted molar refractivity (Wildman–Crippen MR) is 95.1 cm³/mol. The van der Waals surface area contributed by atoms with E-state index >= 15 is 0 Å². The second-order valence-corrected chi connectivity index (χ2v) is 5.35. The molecule has 2 rings (SSSR count). The molecular weight excluding hydrogens is 348 g/mol. The summed E-state index contributed by atoms with van der Waals surface area (Å²) in [5.41, 5.74) is 5.90. The number of nitrogens with zero attached hydrogens (tertiary/aromatic N) is 4. The monoisotopic (exact) mass is 368 g/mol. The number of unbranched alkanes of at least 4 members (excludes halogenated alkanes) is 1. The number of benzene rings is 1. The van der Waals surface area contributed by atoms with Crippen molar-refractivity contribution in [2.45, 2.75) is 32.2 Å². The molecule has 0 aliphatic rings. The van der Waals surface area contributed by atoms with Crippen LogP contribution in [-0.4, -0.2) is 38.2 Å². The molecular formula is C15H21ClN6O3. The van der Waals surface area contributed by atoms with E-state index in [0.717, 1.165) is 19.3 Å². The third-order valence-corrected chi connectivity index (χ3v) is 3.63. The summed E-state index contributed by atoms with van der Waals surface area (Å²) in [6.07, 6.45) is 5.37. The van der Waals surface area contributed by atoms with Gasteiger partial charge < -0.3 is 11.1 Å². The molecule has 0 aliphatic carbocycles. The minimum atomic E-state index is -0.550. The molecule has 1 aromatic heterocycles. The molecule has 0 saturated heterocycles. The largest absolute Gasteiger partial charge is 0.348 e. The number of nitro groups is 1. The number of halogens is 1. The number of nitrogens with two attached hydrogens (primary N) is 1. The average molecular weight is 369 g/mol. The fourth-order valence-electron chi connectivity index (χ4n) is 2.31. The summed E-state index contributed by atoms with van der Waals surface area (Å²) >= 11 is 0. The molecule has 3 N–H and O–H groups in total. The summed E-state index contributed by atoms with van der Waals surface area (Å²) in [6.45, 7) is 2.38. The molecule has 1 aromatic carbocycles. The second kappa shape index (κ2) is 9.70. The summed E-state index contributed by atoms with van der Waals surface area (Å²) in [6, 6.07) is 4.09. The van der Waals surface area contributed by atoms with Gasteiger partial charge in [0.15, 0.2) is 0 Å². The van der Waals surface area contributed by atoms with E-state index in [0.29, 0.717) is 6.54 Å². The van der Waals surface area contributed by atoms with E-state index in [1.807, 2.05) is 0 Å². The van der Waals surface area contributed by atoms with Crippen LogP contribution < -0.4 is 11.1 Å². The molecule has 136 valence electrons. The van der Waals surface area contributed by atoms with Gasteiger partial charge in [0.2, 0.25) is 0 Å². The van der Waals surface area contributed by atoms with Crippen molar-refractivity contribution in [1.29, 1.82) is 0 Å². The number of nitrogens with one attached hydrogen (secondary N) is 1. The van der Waals surface area contributed by atoms with Crippen LogP contribution in [-0.2, 0) is 0 Å². The van der Waals surface area contributed by atoms with Crippen LogP contribution in [0.15, 0.2) is 30.9 Å². The molecule has 25 heavy (non-hydrogen) atoms. The van der Waals surface area contributed by atoms with E-state index in [1.54, 1.807) is 0 Å². The number of amides is 1. The molecule has 9 nitrogen and oxygen atoms in total. The van der Waals surface area contributed by atoms with Crippen LogP contribution >= 0.6 is 12.4 Å². The Kier molecular flexibility index (Phi) is 7.96. The van der Waals surface area contributed by atoms with E-state index < -0.39 is 4.92 Å². The second-order valence-electron chi connectivity index (χ2n) is 5.35. The van der Waals surface area contributed by atoms with Crippen LogP contribution in [0.5, 0.6) is 0 Å². The summed E-state index contributed by atoms with van der Waals surface area (Å²) in [5, 5.41) is 18.0. The lowest BCUT2D eigenvalue weighted by Gasteiger charge is -2.16. The highest BCUT2D eigenvalue weighted by Crippen LogP contribution is 2.23. The van der Waals surface area contributed by atoms with Gasteiger partial charge in [-0.1, -0.05) is 19.8 Å². The topological polar surface area (TPSA) is 129 Å². The number of rotatable bonds is 8. The van der Waals surface area contributed by atoms with Crippen LogP contribution in [0.2, 0.25) is 0 Å². The van der Waals surface area contributed by atoms with E-state index in [9.17, 15) is 14.9 Å². The lowest BCUT2D eigenvalue weighted by Crippen LogP contribution is -2.40. The number of hydrogen-bond donors (Lipinski definition) is 2. The van der Waals surface area contributed by atoms with Crippen molar-refractivity contribution in [2.75, 3.05) is 6.54 Å². The highest BCUT2D eigenvalue weighted by Gasteiger charge is 2.20. The number of nitro benzene ring substituents is 1. The Balaban J connectivity index is 0.00000312. The Morgan fingerprint density at radius 2 is 2.24 bits per heavy atom. The maximum absolute atomic E-state index is 12.3. The van der Waals surface area contributed by atoms with Crippen LogP contribution in [0.1, 0.15) is 36.5 Å². The van der Waals surface area contributed by atoms with Crippen LogP contribution in [0.3, 0.4) is 0 Å². The van der Waals surface area contributed by atoms with Crippen molar-refractivity contribution in [3.05, 3.63) is 46.5 Å². The van der Waals surface area contributed by atoms with Gasteiger partial charge in [0.25, 0.3) is 11.6 Å². The van der Waals surface area contributed by atoms with Crippen LogP contribution in [0, 0.1) is 10.1 Å². The quantitative estimate of drug-likeness (QED) is 0.540. The molecule has 0 saturated carbocycles. The summed E-state index contributed by atoms with van der Waals surface area (Å²) in [5.74, 6) is -0.380. The standard InChI is InChI=1S/C15H20N6O3.ClH/c1-2-3-4-12(8-16)19-15(22)11-5-6-13(14(7-11)21(23)24)20-10-17-9-18-20;/h5-7,9-10,12H,2-4,8,16H2,1H3,(H,19,22);1H. The van der Waals surface area contributed by atoms with E-state index in [1.165, 1.54) is 35.5 Å². The molecule has 0 radical (unpaired) electrons. The maximum atomic E-state index is 12.3. The molecule has 2 aromatic rings. The van der Waals surface area contributed by atoms with Crippen molar-refractivity contribution < 1.29 is 9.72 Å². The predicted octanol–water partition coefficient (Wildman–Crippen LogP) is 1.84. The van der Waals surface area contributed by atoms with Crippen molar-refractivity contribution in [3.8, 4) is 5.69 Å². The Morgan fingerprint density at radius 3 is 2.80 bits per heavy atom. The highest BCUT2D eigenvalue weighted by atomic mass is 35.5. The van der Waals surface area contributed by atoms with Gasteiger partial charge in [0.05, 0.1) is 4.92 Å². The first kappa shape index (κ1) is 20.5. The number of carbonyl (C=O) groups excluding carboxylic acids is 1. The molecule has 1 atom stereocenters. The average Bonchev–Trinajstić information content (AvgIpc) is 3.12. The maximum Gasteiger partial charge on any atom is 0.295 e. The SMILES string of the molecule is CCCCC(CN)NC(=O)c1ccc(-n2cncn2)c([N+](=O)[O-])c1.Cl. The summed E-state index contributed by atoms with van der Waals surface area (Å²) in [4.78, 5) is 26.9. The Hall–Kier alpha value is -2.52. The number of hydrogen-bond acceptors (Lipinski definition) is 6. The lowest BCUT2D eigenvalue weighted by atomic mass is 10.1. The number of aromatic nitrogens is 3. The van der Waals surface area contributed by atoms with Gasteiger partial charge in [-0.2, -0.15) is 5.10 Å². The molecule has 0 bridgehead atoms. The van der Waals surface area contributed by atoms with Gasteiger partial charge in [-0.25, -0.2) is 9.67 Å². The van der Waals surface area contributed by atoms with Crippen LogP contribution in [0.25, 0.3) is 5.69 Å². The first-order chi connectivity index (χ1) is 11.6. The summed E-state index contributed by atoms with van der Waals surface area (Å²) in [7, 11) is 0. The van der Waals surface area contributed by atoms with Gasteiger partial charge in [0, 0.05) is 24.2 Å². The van der Waals surface area contributed by atoms with Crippen molar-refractivity contribution in [2.24, 2.45) is 5.73 Å². The molecule has 1 unspecified atom stereocenters. The van der Waals surface area contributed by atoms with E-state index in [-0.39, 0.29) is 41.3 Å². The normalized spacial score (nSPS) is 11.4. The van der Waals surface area contributed by atoms with Crippen molar-refractivity contribution in [1.82, 2.24) is 20.1 Å². The molecule has 1 heterocycles. The minimum absolute atomic E-state index is 0. The van der Waals surface area contributed by atoms with Gasteiger partial charge in [-0.05, 0) is 18.6 Å². The smallest absolute Gasteiger partial charge is 0.295 e. The van der Waals surface area contributed by atoms with E-state index in [4.69, 9.17) is 5.73 Å². The molecule has 10 heteroatoms. The Bertz CT molecular complexity index is 707. The van der Waals surface area contributed by atoms with Crippen molar-refractivity contribution >= 4 is 24.0 Å². The minimum Gasteiger partial charge on any atom is -0.348 e. The first-order valence-corrected chi connectivity index (χ1v) is 7.71. The van der Waals surface area contributed by atoms with Gasteiger partial charge in [0.1, 0.15) is 18.3 Å². The first-order valence-electron chi connectivity index (χ1n) is 7.71. The highest BCUT2D eigenvalue weighted by molar-refractivity contribution is 5.95. The Labute approximate surface area is 151 Å². The zero-order valence-corrected chi connectivity index (χ0v) is 14.6. The van der Waals surface area contributed by atoms with Gasteiger partial charge in [-0.15, -0.1) is 12.4 Å². The number of carbonyl (C=O) groups is 1. The molecule has 1 amide bonds. The van der Waals surface area contributed by atoms with Gasteiger partial charge in [-0.3, -0.25) is 14.9 Å². The molecule has 0 spiro atoms. The van der Waals surface area contributed by atoms with E-state index in [2.05, 4.69) is 22.3 Å². The zero-order valence-electron chi connectivity index (χ0n) is 13.8. The molecule has 0 fully saturated rings. The van der Waals surface area contributed by atoms with Crippen molar-refractivity contribution in [3.63, 3.8) is 0 Å². The Morgan fingerprint density at radius 1 is 1.48 bits per heavy atom. The van der Waals surface area contributed by atoms with Crippen LogP contribution in [0.4, 0.5) is 5.69 Å². The lowest BCUT2D eigenvalue weighted by molar-refractivity contribution is -0.384. The fourth-order valence-corrected chi connectivity index (χ4v) is 2.31. The third-order valence-electron chi connectivity index (χ3n) is 3.63. The third kappa shape index (κ3) is 5.23.